The van der Waals surface area contributed by atoms with Crippen LogP contribution in [0.15, 0.2) is 30.3 Å². The Hall–Kier alpha value is -1.84. The van der Waals surface area contributed by atoms with E-state index in [0.717, 1.165) is 50.5 Å². The van der Waals surface area contributed by atoms with Crippen LogP contribution in [0.2, 0.25) is 0 Å². The first-order chi connectivity index (χ1) is 11.1. The second-order valence-corrected chi connectivity index (χ2v) is 6.19. The highest BCUT2D eigenvalue weighted by molar-refractivity contribution is 5.73. The number of benzene rings is 1. The zero-order valence-corrected chi connectivity index (χ0v) is 13.8. The Bertz CT molecular complexity index is 459. The Morgan fingerprint density at radius 1 is 0.913 bits per heavy atom. The number of aliphatic carboxylic acids is 1. The minimum atomic E-state index is -0.944. The summed E-state index contributed by atoms with van der Waals surface area (Å²) in [7, 11) is 0. The fraction of sp³-hybridized carbons (Fsp3) is 0.579. The summed E-state index contributed by atoms with van der Waals surface area (Å²) in [4.78, 5) is 21.8. The average molecular weight is 318 g/mol. The van der Waals surface area contributed by atoms with E-state index in [1.54, 1.807) is 0 Å². The molecular formula is C19H28NO3-. The van der Waals surface area contributed by atoms with Crippen molar-refractivity contribution in [2.45, 2.75) is 64.2 Å². The van der Waals surface area contributed by atoms with Gasteiger partial charge in [-0.05, 0) is 24.8 Å². The predicted octanol–water partition coefficient (Wildman–Crippen LogP) is 2.59. The highest BCUT2D eigenvalue weighted by Gasteiger charge is 2.10. The van der Waals surface area contributed by atoms with Crippen molar-refractivity contribution in [1.82, 2.24) is 0 Å². The van der Waals surface area contributed by atoms with Crippen molar-refractivity contribution in [3.8, 4) is 0 Å². The highest BCUT2D eigenvalue weighted by Crippen LogP contribution is 2.17. The van der Waals surface area contributed by atoms with Gasteiger partial charge in [0.05, 0.1) is 0 Å². The van der Waals surface area contributed by atoms with E-state index in [1.165, 1.54) is 0 Å². The molecule has 0 radical (unpaired) electrons. The van der Waals surface area contributed by atoms with Crippen LogP contribution in [-0.2, 0) is 16.0 Å². The van der Waals surface area contributed by atoms with Crippen LogP contribution in [0.4, 0.5) is 0 Å². The number of rotatable bonds is 13. The maximum absolute atomic E-state index is 11.2. The van der Waals surface area contributed by atoms with Crippen LogP contribution >= 0.6 is 0 Å². The van der Waals surface area contributed by atoms with E-state index in [9.17, 15) is 14.7 Å². The predicted molar refractivity (Wildman–Crippen MR) is 89.4 cm³/mol. The van der Waals surface area contributed by atoms with E-state index >= 15 is 0 Å². The van der Waals surface area contributed by atoms with Gasteiger partial charge < -0.3 is 15.6 Å². The zero-order chi connectivity index (χ0) is 16.9. The number of carboxylic acid groups (broad SMARTS) is 1. The van der Waals surface area contributed by atoms with E-state index in [-0.39, 0.29) is 5.91 Å². The lowest BCUT2D eigenvalue weighted by molar-refractivity contribution is -0.311. The number of carbonyl (C=O) groups is 2. The molecule has 1 rings (SSSR count). The fourth-order valence-electron chi connectivity index (χ4n) is 2.78. The molecule has 1 amide bonds. The summed E-state index contributed by atoms with van der Waals surface area (Å²) in [5.74, 6) is -1.56. The van der Waals surface area contributed by atoms with Gasteiger partial charge >= 0.3 is 0 Å². The van der Waals surface area contributed by atoms with Crippen LogP contribution < -0.4 is 10.8 Å². The van der Waals surface area contributed by atoms with E-state index in [1.807, 2.05) is 30.3 Å². The summed E-state index contributed by atoms with van der Waals surface area (Å²) in [5.41, 5.74) is 6.14. The SMILES string of the molecule is NC(=O)CCCCCCCCC[C@H](Cc1ccccc1)C(=O)[O-]. The number of nitrogens with two attached hydrogens (primary N) is 1. The molecule has 4 heteroatoms. The van der Waals surface area contributed by atoms with Crippen molar-refractivity contribution in [1.29, 1.82) is 0 Å². The lowest BCUT2D eigenvalue weighted by Gasteiger charge is -2.18. The quantitative estimate of drug-likeness (QED) is 0.567. The van der Waals surface area contributed by atoms with Gasteiger partial charge in [0.25, 0.3) is 0 Å². The van der Waals surface area contributed by atoms with Crippen LogP contribution in [0.1, 0.15) is 63.4 Å². The van der Waals surface area contributed by atoms with Gasteiger partial charge in [-0.1, -0.05) is 68.9 Å². The molecule has 0 aliphatic heterocycles. The Morgan fingerprint density at radius 2 is 1.48 bits per heavy atom. The first kappa shape index (κ1) is 19.2. The van der Waals surface area contributed by atoms with E-state index < -0.39 is 11.9 Å². The van der Waals surface area contributed by atoms with Gasteiger partial charge in [0, 0.05) is 18.3 Å². The lowest BCUT2D eigenvalue weighted by atomic mass is 9.93. The molecule has 1 aromatic carbocycles. The zero-order valence-electron chi connectivity index (χ0n) is 13.8. The first-order valence-electron chi connectivity index (χ1n) is 8.62. The number of amides is 1. The standard InChI is InChI=1S/C19H29NO3/c20-18(21)14-10-5-3-1-2-4-9-13-17(19(22)23)15-16-11-7-6-8-12-16/h6-8,11-12,17H,1-5,9-10,13-15H2,(H2,20,21)(H,22,23)/p-1/t17-/m1/s1. The summed E-state index contributed by atoms with van der Waals surface area (Å²) in [6.07, 6.45) is 8.96. The summed E-state index contributed by atoms with van der Waals surface area (Å²) in [6.45, 7) is 0. The summed E-state index contributed by atoms with van der Waals surface area (Å²) >= 11 is 0. The van der Waals surface area contributed by atoms with Gasteiger partial charge in [0.1, 0.15) is 0 Å². The van der Waals surface area contributed by atoms with Crippen molar-refractivity contribution in [2.24, 2.45) is 11.7 Å². The molecule has 1 atom stereocenters. The third kappa shape index (κ3) is 9.72. The molecule has 0 aliphatic rings. The first-order valence-corrected chi connectivity index (χ1v) is 8.62. The second kappa shape index (κ2) is 11.7. The monoisotopic (exact) mass is 318 g/mol. The maximum atomic E-state index is 11.2. The molecule has 0 aliphatic carbocycles. The topological polar surface area (TPSA) is 83.2 Å². The molecule has 0 fully saturated rings. The molecule has 23 heavy (non-hydrogen) atoms. The molecule has 0 saturated carbocycles. The summed E-state index contributed by atoms with van der Waals surface area (Å²) < 4.78 is 0. The number of carbonyl (C=O) groups excluding carboxylic acids is 2. The van der Waals surface area contributed by atoms with Crippen LogP contribution in [0.5, 0.6) is 0 Å². The van der Waals surface area contributed by atoms with E-state index in [4.69, 9.17) is 5.73 Å². The van der Waals surface area contributed by atoms with Crippen LogP contribution in [0.3, 0.4) is 0 Å². The number of primary amides is 1. The lowest BCUT2D eigenvalue weighted by Crippen LogP contribution is -2.32. The van der Waals surface area contributed by atoms with Crippen LogP contribution in [0, 0.1) is 5.92 Å². The molecule has 2 N–H and O–H groups in total. The van der Waals surface area contributed by atoms with Gasteiger partial charge in [-0.25, -0.2) is 0 Å². The molecule has 4 nitrogen and oxygen atoms in total. The number of unbranched alkanes of at least 4 members (excludes halogenated alkanes) is 6. The van der Waals surface area contributed by atoms with Gasteiger partial charge in [0.2, 0.25) is 5.91 Å². The Kier molecular flexibility index (Phi) is 9.76. The molecule has 0 aromatic heterocycles. The fourth-order valence-corrected chi connectivity index (χ4v) is 2.78. The number of hydrogen-bond donors (Lipinski definition) is 1. The maximum Gasteiger partial charge on any atom is 0.217 e. The third-order valence-corrected chi connectivity index (χ3v) is 4.13. The minimum Gasteiger partial charge on any atom is -0.550 e. The Labute approximate surface area is 139 Å². The molecule has 1 aromatic rings. The molecule has 0 heterocycles. The second-order valence-electron chi connectivity index (χ2n) is 6.19. The Balaban J connectivity index is 2.10. The average Bonchev–Trinajstić information content (AvgIpc) is 2.52. The van der Waals surface area contributed by atoms with Crippen molar-refractivity contribution >= 4 is 11.9 Å². The number of carboxylic acids is 1. The van der Waals surface area contributed by atoms with Crippen LogP contribution in [-0.4, -0.2) is 11.9 Å². The molecule has 0 bridgehead atoms. The summed E-state index contributed by atoms with van der Waals surface area (Å²) in [5, 5.41) is 11.2. The number of hydrogen-bond acceptors (Lipinski definition) is 3. The van der Waals surface area contributed by atoms with Gasteiger partial charge in [-0.3, -0.25) is 4.79 Å². The molecule has 128 valence electrons. The summed E-state index contributed by atoms with van der Waals surface area (Å²) in [6, 6.07) is 9.71. The van der Waals surface area contributed by atoms with Gasteiger partial charge in [0.15, 0.2) is 0 Å². The van der Waals surface area contributed by atoms with Gasteiger partial charge in [-0.15, -0.1) is 0 Å². The van der Waals surface area contributed by atoms with Crippen molar-refractivity contribution in [3.05, 3.63) is 35.9 Å². The normalized spacial score (nSPS) is 12.0. The largest absolute Gasteiger partial charge is 0.550 e. The van der Waals surface area contributed by atoms with E-state index in [0.29, 0.717) is 19.3 Å². The highest BCUT2D eigenvalue weighted by atomic mass is 16.4. The Morgan fingerprint density at radius 3 is 2.04 bits per heavy atom. The molecule has 0 unspecified atom stereocenters. The molecule has 0 saturated heterocycles. The minimum absolute atomic E-state index is 0.225. The molecule has 0 spiro atoms. The molecular weight excluding hydrogens is 290 g/mol. The van der Waals surface area contributed by atoms with Crippen molar-refractivity contribution in [2.75, 3.05) is 0 Å². The van der Waals surface area contributed by atoms with Gasteiger partial charge in [-0.2, -0.15) is 0 Å². The smallest absolute Gasteiger partial charge is 0.217 e. The van der Waals surface area contributed by atoms with Crippen LogP contribution in [0.25, 0.3) is 0 Å². The third-order valence-electron chi connectivity index (χ3n) is 4.13. The van der Waals surface area contributed by atoms with Crippen molar-refractivity contribution < 1.29 is 14.7 Å². The van der Waals surface area contributed by atoms with Crippen molar-refractivity contribution in [3.63, 3.8) is 0 Å². The van der Waals surface area contributed by atoms with E-state index in [2.05, 4.69) is 0 Å².